The number of ether oxygens (including phenoxy) is 1. The molecule has 1 aromatic carbocycles. The van der Waals surface area contributed by atoms with Gasteiger partial charge in [-0.25, -0.2) is 0 Å². The number of benzene rings is 1. The molecule has 3 rings (SSSR count). The second kappa shape index (κ2) is 3.51. The summed E-state index contributed by atoms with van der Waals surface area (Å²) in [6, 6.07) is 8.08. The summed E-state index contributed by atoms with van der Waals surface area (Å²) in [6.07, 6.45) is 0.929. The molecule has 0 spiro atoms. The van der Waals surface area contributed by atoms with E-state index in [2.05, 4.69) is 25.0 Å². The number of aryl methyl sites for hydroxylation is 1. The smallest absolute Gasteiger partial charge is 0.123 e. The standard InChI is InChI=1S/C14H17N3O/c1-14(2)8-10-6-9(4-5-12(10)18-14)11-7-13(15)17(3)16-11/h4-7H,8,15H2,1-3H3. The zero-order valence-corrected chi connectivity index (χ0v) is 10.9. The largest absolute Gasteiger partial charge is 0.487 e. The van der Waals surface area contributed by atoms with Gasteiger partial charge in [0, 0.05) is 25.1 Å². The van der Waals surface area contributed by atoms with Gasteiger partial charge in [-0.3, -0.25) is 4.68 Å². The minimum atomic E-state index is -0.107. The summed E-state index contributed by atoms with van der Waals surface area (Å²) in [5.74, 6) is 1.65. The van der Waals surface area contributed by atoms with Gasteiger partial charge < -0.3 is 10.5 Å². The quantitative estimate of drug-likeness (QED) is 0.836. The molecule has 0 radical (unpaired) electrons. The van der Waals surface area contributed by atoms with Crippen LogP contribution in [0.1, 0.15) is 19.4 Å². The Kier molecular flexibility index (Phi) is 2.17. The van der Waals surface area contributed by atoms with Gasteiger partial charge in [-0.2, -0.15) is 5.10 Å². The summed E-state index contributed by atoms with van der Waals surface area (Å²) >= 11 is 0. The van der Waals surface area contributed by atoms with Crippen molar-refractivity contribution in [3.63, 3.8) is 0 Å². The van der Waals surface area contributed by atoms with Crippen LogP contribution in [0.25, 0.3) is 11.3 Å². The van der Waals surface area contributed by atoms with Crippen LogP contribution in [0.3, 0.4) is 0 Å². The number of aromatic nitrogens is 2. The van der Waals surface area contributed by atoms with E-state index in [1.54, 1.807) is 4.68 Å². The monoisotopic (exact) mass is 243 g/mol. The lowest BCUT2D eigenvalue weighted by Crippen LogP contribution is -2.24. The molecule has 0 saturated heterocycles. The van der Waals surface area contributed by atoms with Crippen molar-refractivity contribution in [3.05, 3.63) is 29.8 Å². The molecule has 0 saturated carbocycles. The van der Waals surface area contributed by atoms with Crippen LogP contribution in [0.5, 0.6) is 5.75 Å². The Morgan fingerprint density at radius 3 is 2.78 bits per heavy atom. The van der Waals surface area contributed by atoms with Gasteiger partial charge in [0.25, 0.3) is 0 Å². The summed E-state index contributed by atoms with van der Waals surface area (Å²) < 4.78 is 7.55. The van der Waals surface area contributed by atoms with Crippen LogP contribution in [0.15, 0.2) is 24.3 Å². The number of fused-ring (bicyclic) bond motifs is 1. The van der Waals surface area contributed by atoms with E-state index in [1.807, 2.05) is 25.2 Å². The highest BCUT2D eigenvalue weighted by Crippen LogP contribution is 2.37. The number of hydrogen-bond donors (Lipinski definition) is 1. The summed E-state index contributed by atoms with van der Waals surface area (Å²) in [5, 5.41) is 4.39. The third-order valence-corrected chi connectivity index (χ3v) is 3.27. The lowest BCUT2D eigenvalue weighted by atomic mass is 9.99. The lowest BCUT2D eigenvalue weighted by Gasteiger charge is -2.16. The fraction of sp³-hybridized carbons (Fsp3) is 0.357. The van der Waals surface area contributed by atoms with E-state index in [0.717, 1.165) is 23.4 Å². The molecule has 2 heterocycles. The Hall–Kier alpha value is -1.97. The molecule has 94 valence electrons. The third kappa shape index (κ3) is 1.74. The highest BCUT2D eigenvalue weighted by atomic mass is 16.5. The van der Waals surface area contributed by atoms with E-state index < -0.39 is 0 Å². The molecule has 1 aliphatic heterocycles. The van der Waals surface area contributed by atoms with Gasteiger partial charge >= 0.3 is 0 Å². The second-order valence-electron chi connectivity index (χ2n) is 5.44. The first-order valence-corrected chi connectivity index (χ1v) is 6.06. The molecule has 0 atom stereocenters. The SMILES string of the molecule is Cn1nc(-c2ccc3c(c2)CC(C)(C)O3)cc1N. The van der Waals surface area contributed by atoms with Crippen LogP contribution in [0, 0.1) is 0 Å². The molecule has 1 aromatic heterocycles. The van der Waals surface area contributed by atoms with Gasteiger partial charge in [0.1, 0.15) is 17.2 Å². The van der Waals surface area contributed by atoms with Crippen LogP contribution >= 0.6 is 0 Å². The maximum Gasteiger partial charge on any atom is 0.123 e. The number of nitrogens with two attached hydrogens (primary N) is 1. The Bertz CT molecular complexity index is 594. The molecular weight excluding hydrogens is 226 g/mol. The van der Waals surface area contributed by atoms with Crippen molar-refractivity contribution in [2.75, 3.05) is 5.73 Å². The van der Waals surface area contributed by atoms with E-state index in [0.29, 0.717) is 5.82 Å². The minimum absolute atomic E-state index is 0.107. The molecule has 0 bridgehead atoms. The average Bonchev–Trinajstić information content (AvgIpc) is 2.76. The molecule has 0 aliphatic carbocycles. The van der Waals surface area contributed by atoms with E-state index in [-0.39, 0.29) is 5.60 Å². The Balaban J connectivity index is 2.02. The van der Waals surface area contributed by atoms with Gasteiger partial charge in [0.2, 0.25) is 0 Å². The molecule has 2 aromatic rings. The number of anilines is 1. The van der Waals surface area contributed by atoms with Gasteiger partial charge in [0.05, 0.1) is 5.69 Å². The lowest BCUT2D eigenvalue weighted by molar-refractivity contribution is 0.138. The topological polar surface area (TPSA) is 53.1 Å². The molecule has 0 fully saturated rings. The molecule has 2 N–H and O–H groups in total. The molecule has 1 aliphatic rings. The maximum absolute atomic E-state index is 5.86. The van der Waals surface area contributed by atoms with E-state index in [1.165, 1.54) is 5.56 Å². The normalized spacial score (nSPS) is 16.4. The zero-order chi connectivity index (χ0) is 12.9. The van der Waals surface area contributed by atoms with E-state index >= 15 is 0 Å². The van der Waals surface area contributed by atoms with Crippen molar-refractivity contribution in [1.29, 1.82) is 0 Å². The molecule has 4 heteroatoms. The first-order valence-electron chi connectivity index (χ1n) is 6.06. The molecular formula is C14H17N3O. The highest BCUT2D eigenvalue weighted by Gasteiger charge is 2.30. The van der Waals surface area contributed by atoms with Crippen molar-refractivity contribution in [2.45, 2.75) is 25.9 Å². The fourth-order valence-corrected chi connectivity index (χ4v) is 2.39. The number of rotatable bonds is 1. The maximum atomic E-state index is 5.86. The number of hydrogen-bond acceptors (Lipinski definition) is 3. The van der Waals surface area contributed by atoms with Gasteiger partial charge in [0.15, 0.2) is 0 Å². The molecule has 0 unspecified atom stereocenters. The second-order valence-corrected chi connectivity index (χ2v) is 5.44. The van der Waals surface area contributed by atoms with Gasteiger partial charge in [-0.05, 0) is 37.6 Å². The van der Waals surface area contributed by atoms with Gasteiger partial charge in [-0.1, -0.05) is 0 Å². The van der Waals surface area contributed by atoms with Crippen molar-refractivity contribution in [1.82, 2.24) is 9.78 Å². The fourth-order valence-electron chi connectivity index (χ4n) is 2.39. The Morgan fingerprint density at radius 2 is 2.11 bits per heavy atom. The van der Waals surface area contributed by atoms with Crippen LogP contribution in [0.2, 0.25) is 0 Å². The van der Waals surface area contributed by atoms with Crippen LogP contribution < -0.4 is 10.5 Å². The van der Waals surface area contributed by atoms with Crippen molar-refractivity contribution >= 4 is 5.82 Å². The summed E-state index contributed by atoms with van der Waals surface area (Å²) in [4.78, 5) is 0. The first-order chi connectivity index (χ1) is 8.44. The predicted octanol–water partition coefficient (Wildman–Crippen LogP) is 2.38. The van der Waals surface area contributed by atoms with Crippen LogP contribution in [-0.4, -0.2) is 15.4 Å². The molecule has 4 nitrogen and oxygen atoms in total. The summed E-state index contributed by atoms with van der Waals surface area (Å²) in [5.41, 5.74) is 8.93. The third-order valence-electron chi connectivity index (χ3n) is 3.27. The molecule has 18 heavy (non-hydrogen) atoms. The zero-order valence-electron chi connectivity index (χ0n) is 10.9. The number of nitrogens with zero attached hydrogens (tertiary/aromatic N) is 2. The summed E-state index contributed by atoms with van der Waals surface area (Å²) in [7, 11) is 1.85. The van der Waals surface area contributed by atoms with E-state index in [4.69, 9.17) is 10.5 Å². The number of nitrogen functional groups attached to an aromatic ring is 1. The van der Waals surface area contributed by atoms with Crippen LogP contribution in [-0.2, 0) is 13.5 Å². The highest BCUT2D eigenvalue weighted by molar-refractivity contribution is 5.65. The van der Waals surface area contributed by atoms with Crippen molar-refractivity contribution in [2.24, 2.45) is 7.05 Å². The Labute approximate surface area is 106 Å². The predicted molar refractivity (Wildman–Crippen MR) is 71.5 cm³/mol. The minimum Gasteiger partial charge on any atom is -0.487 e. The summed E-state index contributed by atoms with van der Waals surface area (Å²) in [6.45, 7) is 4.21. The average molecular weight is 243 g/mol. The molecule has 0 amide bonds. The van der Waals surface area contributed by atoms with Crippen molar-refractivity contribution < 1.29 is 4.74 Å². The first kappa shape index (κ1) is 11.1. The van der Waals surface area contributed by atoms with Crippen molar-refractivity contribution in [3.8, 4) is 17.0 Å². The van der Waals surface area contributed by atoms with E-state index in [9.17, 15) is 0 Å². The van der Waals surface area contributed by atoms with Crippen LogP contribution in [0.4, 0.5) is 5.82 Å². The van der Waals surface area contributed by atoms with Gasteiger partial charge in [-0.15, -0.1) is 0 Å². The Morgan fingerprint density at radius 1 is 1.33 bits per heavy atom.